The van der Waals surface area contributed by atoms with Crippen LogP contribution in [0.1, 0.15) is 26.7 Å². The zero-order valence-corrected chi connectivity index (χ0v) is 11.6. The standard InChI is InChI=1S/C10H19N5O2S/c1-4-5-8(2)15(3)18(16,17)9-6-12-10(14-11)13-7-9/h6-8H,4-5,11H2,1-3H3,(H,12,13,14). The molecule has 18 heavy (non-hydrogen) atoms. The van der Waals surface area contributed by atoms with Gasteiger partial charge in [0.25, 0.3) is 0 Å². The Bertz CT molecular complexity index is 474. The lowest BCUT2D eigenvalue weighted by atomic mass is 10.2. The Morgan fingerprint density at radius 1 is 1.44 bits per heavy atom. The summed E-state index contributed by atoms with van der Waals surface area (Å²) in [6.07, 6.45) is 4.21. The Hall–Kier alpha value is -1.25. The quantitative estimate of drug-likeness (QED) is 0.580. The second-order valence-electron chi connectivity index (χ2n) is 4.05. The third-order valence-corrected chi connectivity index (χ3v) is 4.69. The van der Waals surface area contributed by atoms with E-state index >= 15 is 0 Å². The van der Waals surface area contributed by atoms with Crippen molar-refractivity contribution in [3.8, 4) is 0 Å². The van der Waals surface area contributed by atoms with E-state index in [2.05, 4.69) is 15.4 Å². The fraction of sp³-hybridized carbons (Fsp3) is 0.600. The maximum Gasteiger partial charge on any atom is 0.246 e. The van der Waals surface area contributed by atoms with Gasteiger partial charge < -0.3 is 0 Å². The van der Waals surface area contributed by atoms with Crippen molar-refractivity contribution in [1.29, 1.82) is 0 Å². The first-order valence-corrected chi connectivity index (χ1v) is 7.14. The van der Waals surface area contributed by atoms with Gasteiger partial charge in [-0.2, -0.15) is 4.31 Å². The smallest absolute Gasteiger partial charge is 0.246 e. The van der Waals surface area contributed by atoms with Crippen LogP contribution in [0.5, 0.6) is 0 Å². The molecule has 3 N–H and O–H groups in total. The lowest BCUT2D eigenvalue weighted by molar-refractivity contribution is 0.368. The number of sulfonamides is 1. The van der Waals surface area contributed by atoms with Crippen LogP contribution in [0.4, 0.5) is 5.95 Å². The number of aromatic nitrogens is 2. The highest BCUT2D eigenvalue weighted by Gasteiger charge is 2.25. The zero-order chi connectivity index (χ0) is 13.8. The number of nitrogens with one attached hydrogen (secondary N) is 1. The minimum atomic E-state index is -3.55. The molecule has 1 aromatic heterocycles. The van der Waals surface area contributed by atoms with Gasteiger partial charge in [0, 0.05) is 13.1 Å². The predicted molar refractivity (Wildman–Crippen MR) is 69.2 cm³/mol. The highest BCUT2D eigenvalue weighted by atomic mass is 32.2. The second-order valence-corrected chi connectivity index (χ2v) is 6.04. The Labute approximate surface area is 107 Å². The maximum absolute atomic E-state index is 12.2. The van der Waals surface area contributed by atoms with Gasteiger partial charge in [0.15, 0.2) is 0 Å². The van der Waals surface area contributed by atoms with Gasteiger partial charge in [0.2, 0.25) is 16.0 Å². The summed E-state index contributed by atoms with van der Waals surface area (Å²) in [6.45, 7) is 3.89. The van der Waals surface area contributed by atoms with E-state index in [1.54, 1.807) is 7.05 Å². The van der Waals surface area contributed by atoms with Crippen LogP contribution in [0.15, 0.2) is 17.3 Å². The van der Waals surface area contributed by atoms with E-state index in [-0.39, 0.29) is 16.9 Å². The number of nitrogens with two attached hydrogens (primary N) is 1. The summed E-state index contributed by atoms with van der Waals surface area (Å²) < 4.78 is 25.8. The van der Waals surface area contributed by atoms with E-state index in [1.165, 1.54) is 16.7 Å². The summed E-state index contributed by atoms with van der Waals surface area (Å²) in [7, 11) is -1.99. The second kappa shape index (κ2) is 6.07. The van der Waals surface area contributed by atoms with E-state index in [9.17, 15) is 8.42 Å². The SMILES string of the molecule is CCCC(C)N(C)S(=O)(=O)c1cnc(NN)nc1. The molecular weight excluding hydrogens is 254 g/mol. The van der Waals surface area contributed by atoms with Crippen LogP contribution in [-0.2, 0) is 10.0 Å². The summed E-state index contributed by atoms with van der Waals surface area (Å²) in [4.78, 5) is 7.66. The molecule has 7 nitrogen and oxygen atoms in total. The number of anilines is 1. The summed E-state index contributed by atoms with van der Waals surface area (Å²) in [5.41, 5.74) is 2.25. The van der Waals surface area contributed by atoms with Crippen molar-refractivity contribution in [3.05, 3.63) is 12.4 Å². The molecule has 0 saturated carbocycles. The van der Waals surface area contributed by atoms with Gasteiger partial charge in [-0.25, -0.2) is 24.2 Å². The maximum atomic E-state index is 12.2. The van der Waals surface area contributed by atoms with Gasteiger partial charge in [-0.3, -0.25) is 5.43 Å². The third-order valence-electron chi connectivity index (χ3n) is 2.76. The molecule has 0 bridgehead atoms. The fourth-order valence-electron chi connectivity index (χ4n) is 1.53. The molecule has 0 spiro atoms. The van der Waals surface area contributed by atoms with E-state index in [0.717, 1.165) is 12.8 Å². The molecule has 1 rings (SSSR count). The number of hydrazine groups is 1. The average Bonchev–Trinajstić information content (AvgIpc) is 2.38. The Morgan fingerprint density at radius 3 is 2.44 bits per heavy atom. The Balaban J connectivity index is 2.97. The molecule has 0 aliphatic carbocycles. The van der Waals surface area contributed by atoms with Crippen molar-refractivity contribution in [2.24, 2.45) is 5.84 Å². The number of hydrogen-bond donors (Lipinski definition) is 2. The minimum Gasteiger partial charge on any atom is -0.292 e. The van der Waals surface area contributed by atoms with Crippen molar-refractivity contribution < 1.29 is 8.42 Å². The van der Waals surface area contributed by atoms with Crippen LogP contribution in [0, 0.1) is 0 Å². The van der Waals surface area contributed by atoms with Gasteiger partial charge in [0.1, 0.15) is 4.90 Å². The first-order valence-electron chi connectivity index (χ1n) is 5.70. The van der Waals surface area contributed by atoms with Gasteiger partial charge in [0.05, 0.1) is 12.4 Å². The predicted octanol–water partition coefficient (Wildman–Crippen LogP) is 0.571. The monoisotopic (exact) mass is 273 g/mol. The molecule has 0 aliphatic heterocycles. The number of hydrogen-bond acceptors (Lipinski definition) is 6. The topological polar surface area (TPSA) is 101 Å². The number of nitrogen functional groups attached to an aromatic ring is 1. The first kappa shape index (κ1) is 14.8. The molecule has 1 aromatic rings. The highest BCUT2D eigenvalue weighted by Crippen LogP contribution is 2.17. The molecule has 0 amide bonds. The van der Waals surface area contributed by atoms with Crippen molar-refractivity contribution >= 4 is 16.0 Å². The van der Waals surface area contributed by atoms with Crippen LogP contribution >= 0.6 is 0 Å². The Morgan fingerprint density at radius 2 is 2.00 bits per heavy atom. The molecule has 0 aromatic carbocycles. The molecule has 1 unspecified atom stereocenters. The van der Waals surface area contributed by atoms with Crippen molar-refractivity contribution in [1.82, 2.24) is 14.3 Å². The summed E-state index contributed by atoms with van der Waals surface area (Å²) >= 11 is 0. The van der Waals surface area contributed by atoms with E-state index in [0.29, 0.717) is 0 Å². The fourth-order valence-corrected chi connectivity index (χ4v) is 2.81. The largest absolute Gasteiger partial charge is 0.292 e. The molecule has 1 atom stereocenters. The molecule has 102 valence electrons. The van der Waals surface area contributed by atoms with Gasteiger partial charge >= 0.3 is 0 Å². The first-order chi connectivity index (χ1) is 8.43. The van der Waals surface area contributed by atoms with Crippen LogP contribution in [0.2, 0.25) is 0 Å². The summed E-state index contributed by atoms with van der Waals surface area (Å²) in [5, 5.41) is 0. The van der Waals surface area contributed by atoms with Crippen LogP contribution < -0.4 is 11.3 Å². The van der Waals surface area contributed by atoms with E-state index < -0.39 is 10.0 Å². The summed E-state index contributed by atoms with van der Waals surface area (Å²) in [5.74, 6) is 5.30. The van der Waals surface area contributed by atoms with Crippen molar-refractivity contribution in [2.45, 2.75) is 37.6 Å². The van der Waals surface area contributed by atoms with Crippen LogP contribution in [0.25, 0.3) is 0 Å². The molecule has 0 radical (unpaired) electrons. The summed E-state index contributed by atoms with van der Waals surface area (Å²) in [6, 6.07) is -0.0627. The molecular formula is C10H19N5O2S. The van der Waals surface area contributed by atoms with Crippen LogP contribution in [0.3, 0.4) is 0 Å². The normalized spacial score (nSPS) is 13.6. The van der Waals surface area contributed by atoms with Crippen molar-refractivity contribution in [3.63, 3.8) is 0 Å². The van der Waals surface area contributed by atoms with Gasteiger partial charge in [-0.1, -0.05) is 13.3 Å². The molecule has 1 heterocycles. The van der Waals surface area contributed by atoms with E-state index in [4.69, 9.17) is 5.84 Å². The molecule has 0 saturated heterocycles. The van der Waals surface area contributed by atoms with Crippen LogP contribution in [-0.4, -0.2) is 35.8 Å². The molecule has 0 aliphatic rings. The zero-order valence-electron chi connectivity index (χ0n) is 10.8. The molecule has 8 heteroatoms. The number of rotatable bonds is 6. The molecule has 0 fully saturated rings. The lowest BCUT2D eigenvalue weighted by Gasteiger charge is -2.23. The van der Waals surface area contributed by atoms with Gasteiger partial charge in [-0.05, 0) is 13.3 Å². The number of nitrogens with zero attached hydrogens (tertiary/aromatic N) is 3. The Kier molecular flexibility index (Phi) is 5.00. The average molecular weight is 273 g/mol. The van der Waals surface area contributed by atoms with Crippen molar-refractivity contribution in [2.75, 3.05) is 12.5 Å². The third kappa shape index (κ3) is 3.15. The highest BCUT2D eigenvalue weighted by molar-refractivity contribution is 7.89. The minimum absolute atomic E-state index is 0.0620. The lowest BCUT2D eigenvalue weighted by Crippen LogP contribution is -2.35. The van der Waals surface area contributed by atoms with E-state index in [1.807, 2.05) is 13.8 Å². The van der Waals surface area contributed by atoms with Gasteiger partial charge in [-0.15, -0.1) is 0 Å².